The number of hydrogen-bond acceptors (Lipinski definition) is 15. The number of aromatic nitrogens is 2. The highest BCUT2D eigenvalue weighted by Crippen LogP contribution is 2.13. The lowest BCUT2D eigenvalue weighted by Crippen LogP contribution is -2.62. The Labute approximate surface area is 355 Å². The number of aromatic amines is 1. The third-order valence-electron chi connectivity index (χ3n) is 8.95. The first-order chi connectivity index (χ1) is 28.8. The Morgan fingerprint density at radius 3 is 1.59 bits per heavy atom. The number of aromatic hydroxyl groups is 1. The number of hydrogen-bond donors (Lipinski definition) is 14. The Morgan fingerprint density at radius 1 is 0.656 bits per heavy atom. The molecule has 1 aromatic carbocycles. The van der Waals surface area contributed by atoms with E-state index < -0.39 is 121 Å². The number of carboxylic acids is 1. The van der Waals surface area contributed by atoms with Crippen LogP contribution in [0.2, 0.25) is 0 Å². The average Bonchev–Trinajstić information content (AvgIpc) is 3.74. The lowest BCUT2D eigenvalue weighted by Gasteiger charge is -2.28. The molecule has 0 aliphatic rings. The van der Waals surface area contributed by atoms with Gasteiger partial charge in [0.25, 0.3) is 0 Å². The van der Waals surface area contributed by atoms with Gasteiger partial charge in [0, 0.05) is 24.7 Å². The molecule has 0 aliphatic carbocycles. The molecule has 0 fully saturated rings. The van der Waals surface area contributed by atoms with Crippen LogP contribution in [0.1, 0.15) is 38.4 Å². The molecule has 0 aliphatic heterocycles. The molecule has 0 saturated heterocycles. The Balaban J connectivity index is 2.27. The smallest absolute Gasteiger partial charge is 0.326 e. The summed E-state index contributed by atoms with van der Waals surface area (Å²) in [6, 6.07) is -5.92. The number of nitrogens with zero attached hydrogens (tertiary/aromatic N) is 1. The van der Waals surface area contributed by atoms with Crippen LogP contribution in [-0.4, -0.2) is 163 Å². The number of aliphatic hydroxyl groups is 3. The van der Waals surface area contributed by atoms with Gasteiger partial charge in [-0.15, -0.1) is 0 Å². The van der Waals surface area contributed by atoms with E-state index in [1.165, 1.54) is 69.3 Å². The van der Waals surface area contributed by atoms with E-state index in [9.17, 15) is 63.9 Å². The predicted molar refractivity (Wildman–Crippen MR) is 218 cm³/mol. The average molecular weight is 881 g/mol. The number of amides is 7. The normalized spacial score (nSPS) is 15.0. The van der Waals surface area contributed by atoms with Crippen LogP contribution in [0.25, 0.3) is 0 Å². The molecule has 2 rings (SSSR count). The van der Waals surface area contributed by atoms with E-state index in [-0.39, 0.29) is 25.0 Å². The minimum atomic E-state index is -1.72. The molecule has 7 amide bonds. The van der Waals surface area contributed by atoms with Crippen molar-refractivity contribution in [1.29, 1.82) is 0 Å². The third-order valence-corrected chi connectivity index (χ3v) is 9.60. The quantitative estimate of drug-likeness (QED) is 0.0421. The zero-order valence-electron chi connectivity index (χ0n) is 34.0. The molecule has 15 N–H and O–H groups in total. The van der Waals surface area contributed by atoms with Crippen molar-refractivity contribution in [1.82, 2.24) is 47.2 Å². The molecule has 1 aromatic heterocycles. The maximum absolute atomic E-state index is 13.9. The predicted octanol–water partition coefficient (Wildman–Crippen LogP) is -4.89. The fourth-order valence-electron chi connectivity index (χ4n) is 5.42. The van der Waals surface area contributed by atoms with Crippen LogP contribution in [0.5, 0.6) is 5.75 Å². The van der Waals surface area contributed by atoms with Crippen molar-refractivity contribution in [2.75, 3.05) is 31.8 Å². The van der Waals surface area contributed by atoms with Crippen molar-refractivity contribution in [3.8, 4) is 5.75 Å². The zero-order chi connectivity index (χ0) is 45.8. The number of nitrogens with two attached hydrogens (primary N) is 1. The molecule has 24 heteroatoms. The first kappa shape index (κ1) is 51.3. The number of carbonyl (C=O) groups is 8. The van der Waals surface area contributed by atoms with E-state index in [0.717, 1.165) is 0 Å². The molecule has 0 radical (unpaired) electrons. The highest BCUT2D eigenvalue weighted by molar-refractivity contribution is 7.98. The van der Waals surface area contributed by atoms with Crippen molar-refractivity contribution >= 4 is 59.1 Å². The third kappa shape index (κ3) is 17.0. The second-order valence-electron chi connectivity index (χ2n) is 14.2. The van der Waals surface area contributed by atoms with E-state index in [0.29, 0.717) is 17.0 Å². The molecule has 23 nitrogen and oxygen atoms in total. The second kappa shape index (κ2) is 25.7. The highest BCUT2D eigenvalue weighted by atomic mass is 32.2. The van der Waals surface area contributed by atoms with Crippen LogP contribution >= 0.6 is 11.8 Å². The molecule has 0 spiro atoms. The number of thioether (sulfide) groups is 1. The number of aliphatic hydroxyl groups excluding tert-OH is 3. The van der Waals surface area contributed by atoms with Crippen LogP contribution in [-0.2, 0) is 51.2 Å². The number of aliphatic carboxylic acids is 1. The van der Waals surface area contributed by atoms with E-state index in [4.69, 9.17) is 5.73 Å². The van der Waals surface area contributed by atoms with Gasteiger partial charge in [0.1, 0.15) is 48.0 Å². The molecule has 2 aromatic rings. The minimum absolute atomic E-state index is 0.0552. The Hall–Kier alpha value is -5.82. The number of phenolic OH excluding ortho intramolecular Hbond substituents is 1. The number of nitrogens with one attached hydrogen (secondary N) is 8. The summed E-state index contributed by atoms with van der Waals surface area (Å²) in [5, 5.41) is 65.7. The van der Waals surface area contributed by atoms with Crippen molar-refractivity contribution in [3.05, 3.63) is 48.0 Å². The molecular formula is C37H56N10O13S. The van der Waals surface area contributed by atoms with E-state index in [2.05, 4.69) is 47.2 Å². The fraction of sp³-hybridized carbons (Fsp3) is 0.541. The first-order valence-corrected chi connectivity index (χ1v) is 20.4. The molecule has 338 valence electrons. The Bertz CT molecular complexity index is 1780. The van der Waals surface area contributed by atoms with Gasteiger partial charge < -0.3 is 73.5 Å². The van der Waals surface area contributed by atoms with E-state index in [1.807, 2.05) is 0 Å². The Kier molecular flexibility index (Phi) is 21.6. The van der Waals surface area contributed by atoms with Crippen molar-refractivity contribution in [2.45, 2.75) is 88.4 Å². The minimum Gasteiger partial charge on any atom is -0.508 e. The number of rotatable bonds is 26. The summed E-state index contributed by atoms with van der Waals surface area (Å²) < 4.78 is 0. The van der Waals surface area contributed by atoms with E-state index in [1.54, 1.807) is 6.26 Å². The largest absolute Gasteiger partial charge is 0.508 e. The number of phenols is 1. The summed E-state index contributed by atoms with van der Waals surface area (Å²) in [6.45, 7) is 1.53. The van der Waals surface area contributed by atoms with Crippen LogP contribution in [0.4, 0.5) is 0 Å². The van der Waals surface area contributed by atoms with Gasteiger partial charge >= 0.3 is 5.97 Å². The molecule has 0 unspecified atom stereocenters. The molecule has 0 bridgehead atoms. The van der Waals surface area contributed by atoms with Crippen LogP contribution in [0, 0.1) is 5.92 Å². The SMILES string of the molecule is CSCC[C@H](NC(=O)[C@H](Cc1ccc(O)cc1)NC(=O)[C@H](CO)NC(=O)[C@@H](NC(=O)[C@H](CO)NC(=O)[C@H](CO)NC(=O)[C@H](C)N)C(C)C)C(=O)N[C@@H](Cc1cnc[nH]1)C(=O)O. The number of imidazole rings is 1. The van der Waals surface area contributed by atoms with Crippen molar-refractivity contribution in [2.24, 2.45) is 11.7 Å². The first-order valence-electron chi connectivity index (χ1n) is 19.0. The topological polar surface area (TPSA) is 377 Å². The maximum Gasteiger partial charge on any atom is 0.326 e. The summed E-state index contributed by atoms with van der Waals surface area (Å²) in [7, 11) is 0. The summed E-state index contributed by atoms with van der Waals surface area (Å²) in [6.07, 6.45) is 4.19. The van der Waals surface area contributed by atoms with E-state index >= 15 is 0 Å². The molecule has 0 saturated carbocycles. The van der Waals surface area contributed by atoms with Gasteiger partial charge in [-0.3, -0.25) is 33.6 Å². The second-order valence-corrected chi connectivity index (χ2v) is 15.2. The molecular weight excluding hydrogens is 825 g/mol. The summed E-state index contributed by atoms with van der Waals surface area (Å²) in [5.74, 6) is -8.43. The number of carbonyl (C=O) groups excluding carboxylic acids is 7. The van der Waals surface area contributed by atoms with Gasteiger partial charge in [-0.2, -0.15) is 11.8 Å². The van der Waals surface area contributed by atoms with Gasteiger partial charge in [0.15, 0.2) is 0 Å². The van der Waals surface area contributed by atoms with Crippen molar-refractivity contribution in [3.63, 3.8) is 0 Å². The molecule has 1 heterocycles. The standard InChI is InChI=1S/C37H56N10O13S/c1-18(2)29(47-35(57)28(16-50)45-34(56)26(14-48)44-30(52)19(3)38)36(58)46-27(15-49)33(55)42-24(11-20-5-7-22(51)8-6-20)32(54)41-23(9-10-61-4)31(53)43-25(37(59)60)12-21-13-39-17-40-21/h5-8,13,17-19,23-29,48-51H,9-12,14-16,38H2,1-4H3,(H,39,40)(H,41,54)(H,42,55)(H,43,53)(H,44,52)(H,45,56)(H,46,58)(H,47,57)(H,59,60)/t19-,23-,24-,25-,26-,27-,28-,29-/m0/s1. The number of benzene rings is 1. The van der Waals surface area contributed by atoms with Gasteiger partial charge in [-0.25, -0.2) is 9.78 Å². The molecule has 61 heavy (non-hydrogen) atoms. The van der Waals surface area contributed by atoms with Gasteiger partial charge in [0.2, 0.25) is 41.4 Å². The zero-order valence-corrected chi connectivity index (χ0v) is 34.9. The highest BCUT2D eigenvalue weighted by Gasteiger charge is 2.35. The van der Waals surface area contributed by atoms with Gasteiger partial charge in [0.05, 0.1) is 32.2 Å². The monoisotopic (exact) mass is 880 g/mol. The maximum atomic E-state index is 13.9. The summed E-state index contributed by atoms with van der Waals surface area (Å²) >= 11 is 1.35. The summed E-state index contributed by atoms with van der Waals surface area (Å²) in [5.41, 5.74) is 6.34. The Morgan fingerprint density at radius 2 is 1.11 bits per heavy atom. The lowest BCUT2D eigenvalue weighted by molar-refractivity contribution is -0.142. The number of carboxylic acid groups (broad SMARTS) is 1. The van der Waals surface area contributed by atoms with Gasteiger partial charge in [-0.05, 0) is 49.0 Å². The lowest BCUT2D eigenvalue weighted by atomic mass is 10.0. The number of H-pyrrole nitrogens is 1. The van der Waals surface area contributed by atoms with Crippen molar-refractivity contribution < 1.29 is 63.9 Å². The molecule has 8 atom stereocenters. The van der Waals surface area contributed by atoms with Crippen LogP contribution in [0.3, 0.4) is 0 Å². The fourth-order valence-corrected chi connectivity index (χ4v) is 5.89. The van der Waals surface area contributed by atoms with Crippen LogP contribution in [0.15, 0.2) is 36.8 Å². The summed E-state index contributed by atoms with van der Waals surface area (Å²) in [4.78, 5) is 111. The van der Waals surface area contributed by atoms with Crippen LogP contribution < -0.4 is 43.0 Å². The van der Waals surface area contributed by atoms with Gasteiger partial charge in [-0.1, -0.05) is 26.0 Å².